The summed E-state index contributed by atoms with van der Waals surface area (Å²) in [5.74, 6) is -0.302. The van der Waals surface area contributed by atoms with Gasteiger partial charge in [-0.15, -0.1) is 0 Å². The average Bonchev–Trinajstić information content (AvgIpc) is 2.25. The van der Waals surface area contributed by atoms with Crippen molar-refractivity contribution in [3.05, 3.63) is 0 Å². The molecule has 1 amide bonds. The lowest BCUT2D eigenvalue weighted by atomic mass is 9.94. The van der Waals surface area contributed by atoms with Gasteiger partial charge in [0.05, 0.1) is 0 Å². The van der Waals surface area contributed by atoms with Crippen LogP contribution in [0.25, 0.3) is 0 Å². The second-order valence-corrected chi connectivity index (χ2v) is 8.33. The number of alkyl halides is 1. The van der Waals surface area contributed by atoms with Gasteiger partial charge < -0.3 is 4.90 Å². The summed E-state index contributed by atoms with van der Waals surface area (Å²) in [5, 5.41) is -0.950. The summed E-state index contributed by atoms with van der Waals surface area (Å²) in [6.45, 7) is 1.46. The molecule has 0 heterocycles. The second kappa shape index (κ2) is 5.69. The number of carbonyl (C=O) groups is 1. The van der Waals surface area contributed by atoms with Gasteiger partial charge in [0.25, 0.3) is 0 Å². The second-order valence-electron chi connectivity index (χ2n) is 4.79. The fourth-order valence-corrected chi connectivity index (χ4v) is 3.61. The van der Waals surface area contributed by atoms with Gasteiger partial charge in [-0.1, -0.05) is 28.8 Å². The number of nitrogens with zero attached hydrogens (tertiary/aromatic N) is 1. The van der Waals surface area contributed by atoms with Crippen LogP contribution in [0.15, 0.2) is 0 Å². The van der Waals surface area contributed by atoms with E-state index >= 15 is 0 Å². The van der Waals surface area contributed by atoms with Crippen LogP contribution in [0, 0.1) is 0 Å². The first kappa shape index (κ1) is 15.0. The Bertz CT molecular complexity index is 382. The Morgan fingerprint density at radius 1 is 1.35 bits per heavy atom. The smallest absolute Gasteiger partial charge is 0.240 e. The number of hydrogen-bond acceptors (Lipinski definition) is 3. The fraction of sp³-hybridized carbons (Fsp3) is 0.909. The fourth-order valence-electron chi connectivity index (χ4n) is 2.14. The van der Waals surface area contributed by atoms with Gasteiger partial charge in [-0.2, -0.15) is 0 Å². The van der Waals surface area contributed by atoms with Crippen molar-refractivity contribution >= 4 is 31.7 Å². The Morgan fingerprint density at radius 2 is 1.88 bits per heavy atom. The zero-order chi connectivity index (χ0) is 13.2. The SMILES string of the molecule is CC(C(=O)N(C)C1CCCCC1Br)S(C)(=O)=O. The Balaban J connectivity index is 2.75. The monoisotopic (exact) mass is 325 g/mol. The van der Waals surface area contributed by atoms with Crippen LogP contribution in [-0.2, 0) is 14.6 Å². The molecule has 1 aliphatic rings. The summed E-state index contributed by atoms with van der Waals surface area (Å²) in [6, 6.07) is 0.112. The largest absolute Gasteiger partial charge is 0.341 e. The minimum atomic E-state index is -3.31. The van der Waals surface area contributed by atoms with E-state index in [4.69, 9.17) is 0 Å². The summed E-state index contributed by atoms with van der Waals surface area (Å²) in [5.41, 5.74) is 0. The predicted octanol–water partition coefficient (Wildman–Crippen LogP) is 1.58. The van der Waals surface area contributed by atoms with Crippen molar-refractivity contribution in [1.29, 1.82) is 0 Å². The molecule has 0 saturated heterocycles. The quantitative estimate of drug-likeness (QED) is 0.740. The van der Waals surface area contributed by atoms with Crippen LogP contribution < -0.4 is 0 Å². The summed E-state index contributed by atoms with van der Waals surface area (Å²) in [6.07, 6.45) is 5.34. The molecular formula is C11H20BrNO3S. The van der Waals surface area contributed by atoms with E-state index < -0.39 is 15.1 Å². The van der Waals surface area contributed by atoms with E-state index in [0.29, 0.717) is 0 Å². The lowest BCUT2D eigenvalue weighted by Gasteiger charge is -2.36. The van der Waals surface area contributed by atoms with Gasteiger partial charge >= 0.3 is 0 Å². The Labute approximate surface area is 112 Å². The van der Waals surface area contributed by atoms with Crippen molar-refractivity contribution in [2.75, 3.05) is 13.3 Å². The van der Waals surface area contributed by atoms with Crippen LogP contribution in [0.3, 0.4) is 0 Å². The molecule has 0 aromatic rings. The number of sulfone groups is 1. The van der Waals surface area contributed by atoms with E-state index in [-0.39, 0.29) is 16.8 Å². The number of rotatable bonds is 3. The standard InChI is InChI=1S/C11H20BrNO3S/c1-8(17(3,15)16)11(14)13(2)10-7-5-4-6-9(10)12/h8-10H,4-7H2,1-3H3. The van der Waals surface area contributed by atoms with Gasteiger partial charge in [-0.3, -0.25) is 4.79 Å². The number of halogens is 1. The molecule has 0 aliphatic heterocycles. The van der Waals surface area contributed by atoms with E-state index in [0.717, 1.165) is 31.9 Å². The highest BCUT2D eigenvalue weighted by atomic mass is 79.9. The van der Waals surface area contributed by atoms with E-state index in [1.807, 2.05) is 0 Å². The van der Waals surface area contributed by atoms with Crippen LogP contribution in [0.1, 0.15) is 32.6 Å². The van der Waals surface area contributed by atoms with Crippen molar-refractivity contribution < 1.29 is 13.2 Å². The predicted molar refractivity (Wildman–Crippen MR) is 72.0 cm³/mol. The molecule has 1 aliphatic carbocycles. The van der Waals surface area contributed by atoms with Crippen LogP contribution in [0.5, 0.6) is 0 Å². The van der Waals surface area contributed by atoms with E-state index in [1.165, 1.54) is 6.92 Å². The molecule has 4 nitrogen and oxygen atoms in total. The molecule has 100 valence electrons. The summed E-state index contributed by atoms with van der Waals surface area (Å²) in [4.78, 5) is 13.9. The summed E-state index contributed by atoms with van der Waals surface area (Å²) < 4.78 is 22.8. The first-order valence-electron chi connectivity index (χ1n) is 5.84. The van der Waals surface area contributed by atoms with Gasteiger partial charge in [0, 0.05) is 24.2 Å². The molecule has 1 rings (SSSR count). The topological polar surface area (TPSA) is 54.5 Å². The van der Waals surface area contributed by atoms with Gasteiger partial charge in [0.2, 0.25) is 5.91 Å². The summed E-state index contributed by atoms with van der Waals surface area (Å²) in [7, 11) is -1.61. The van der Waals surface area contributed by atoms with E-state index in [9.17, 15) is 13.2 Å². The number of carbonyl (C=O) groups excluding carboxylic acids is 1. The van der Waals surface area contributed by atoms with Crippen molar-refractivity contribution in [2.45, 2.75) is 48.7 Å². The third-order valence-electron chi connectivity index (χ3n) is 3.48. The third-order valence-corrected chi connectivity index (χ3v) is 6.04. The Kier molecular flexibility index (Phi) is 5.01. The first-order chi connectivity index (χ1) is 7.75. The normalized spacial score (nSPS) is 27.5. The maximum absolute atomic E-state index is 12.1. The molecule has 3 unspecified atom stereocenters. The lowest BCUT2D eigenvalue weighted by molar-refractivity contribution is -0.131. The highest BCUT2D eigenvalue weighted by molar-refractivity contribution is 9.09. The molecule has 3 atom stereocenters. The van der Waals surface area contributed by atoms with Gasteiger partial charge in [-0.05, 0) is 19.8 Å². The van der Waals surface area contributed by atoms with E-state index in [1.54, 1.807) is 11.9 Å². The van der Waals surface area contributed by atoms with Gasteiger partial charge in [-0.25, -0.2) is 8.42 Å². The molecule has 1 fully saturated rings. The molecule has 0 spiro atoms. The molecular weight excluding hydrogens is 306 g/mol. The van der Waals surface area contributed by atoms with Gasteiger partial charge in [0.1, 0.15) is 5.25 Å². The average molecular weight is 326 g/mol. The maximum atomic E-state index is 12.1. The maximum Gasteiger partial charge on any atom is 0.240 e. The van der Waals surface area contributed by atoms with Crippen LogP contribution in [0.4, 0.5) is 0 Å². The zero-order valence-corrected chi connectivity index (χ0v) is 12.9. The highest BCUT2D eigenvalue weighted by Crippen LogP contribution is 2.28. The third kappa shape index (κ3) is 3.68. The Hall–Kier alpha value is -0.100. The molecule has 0 N–H and O–H groups in total. The Morgan fingerprint density at radius 3 is 2.35 bits per heavy atom. The molecule has 0 aromatic carbocycles. The minimum absolute atomic E-state index is 0.112. The highest BCUT2D eigenvalue weighted by Gasteiger charge is 2.34. The van der Waals surface area contributed by atoms with Gasteiger partial charge in [0.15, 0.2) is 9.84 Å². The van der Waals surface area contributed by atoms with Crippen molar-refractivity contribution in [2.24, 2.45) is 0 Å². The first-order valence-corrected chi connectivity index (χ1v) is 8.71. The van der Waals surface area contributed by atoms with E-state index in [2.05, 4.69) is 15.9 Å². The summed E-state index contributed by atoms with van der Waals surface area (Å²) >= 11 is 3.58. The molecule has 0 radical (unpaired) electrons. The lowest BCUT2D eigenvalue weighted by Crippen LogP contribution is -2.48. The molecule has 0 aromatic heterocycles. The van der Waals surface area contributed by atoms with Crippen LogP contribution >= 0.6 is 15.9 Å². The number of amides is 1. The molecule has 0 bridgehead atoms. The molecule has 1 saturated carbocycles. The molecule has 6 heteroatoms. The molecule has 17 heavy (non-hydrogen) atoms. The minimum Gasteiger partial charge on any atom is -0.341 e. The number of hydrogen-bond donors (Lipinski definition) is 0. The zero-order valence-electron chi connectivity index (χ0n) is 10.5. The van der Waals surface area contributed by atoms with Crippen LogP contribution in [-0.4, -0.2) is 48.6 Å². The van der Waals surface area contributed by atoms with Crippen molar-refractivity contribution in [3.8, 4) is 0 Å². The van der Waals surface area contributed by atoms with Crippen molar-refractivity contribution in [1.82, 2.24) is 4.90 Å². The van der Waals surface area contributed by atoms with Crippen LogP contribution in [0.2, 0.25) is 0 Å². The van der Waals surface area contributed by atoms with Crippen molar-refractivity contribution in [3.63, 3.8) is 0 Å².